The maximum Gasteiger partial charge on any atom is 0.337 e. The molecule has 0 saturated heterocycles. The molecule has 0 fully saturated rings. The van der Waals surface area contributed by atoms with Crippen LogP contribution in [-0.2, 0) is 9.59 Å². The third-order valence-electron chi connectivity index (χ3n) is 9.96. The molecule has 0 radical (unpaired) electrons. The van der Waals surface area contributed by atoms with Gasteiger partial charge in [-0.15, -0.1) is 0 Å². The van der Waals surface area contributed by atoms with Gasteiger partial charge < -0.3 is 15.1 Å². The van der Waals surface area contributed by atoms with E-state index in [9.17, 15) is 29.9 Å². The summed E-state index contributed by atoms with van der Waals surface area (Å²) in [5.41, 5.74) is 2.15. The molecule has 44 heavy (non-hydrogen) atoms. The molecular formula is C35H42N3O6+. The molecule has 3 aromatic rings. The van der Waals surface area contributed by atoms with Crippen LogP contribution in [0.25, 0.3) is 0 Å². The Morgan fingerprint density at radius 3 is 2.02 bits per heavy atom. The Kier molecular flexibility index (Phi) is 9.71. The van der Waals surface area contributed by atoms with Gasteiger partial charge in [0, 0.05) is 43.9 Å². The van der Waals surface area contributed by atoms with Crippen LogP contribution >= 0.6 is 0 Å². The van der Waals surface area contributed by atoms with Crippen molar-refractivity contribution in [2.24, 2.45) is 5.92 Å². The van der Waals surface area contributed by atoms with Gasteiger partial charge in [0.05, 0.1) is 19.0 Å². The number of nitrogens with zero attached hydrogens (tertiary/aromatic N) is 3. The van der Waals surface area contributed by atoms with E-state index in [-0.39, 0.29) is 21.7 Å². The van der Waals surface area contributed by atoms with E-state index in [0.29, 0.717) is 24.2 Å². The number of quaternary nitrogens is 1. The molecule has 4 rings (SSSR count). The van der Waals surface area contributed by atoms with Gasteiger partial charge in [0.25, 0.3) is 5.69 Å². The van der Waals surface area contributed by atoms with Crippen molar-refractivity contribution >= 4 is 17.6 Å². The van der Waals surface area contributed by atoms with Crippen LogP contribution in [-0.4, -0.2) is 76.2 Å². The standard InChI is InChI=1S/C35H41N3O6/c1-24-30(33(39)40)31(27-17-12-18-28(23-27)37(43)44)32(34(41)42)35(2,38(24,4)5)20-22-36(3)21-19-29(25-13-8-6-9-14-25)26-15-10-7-11-16-26/h6-18,23,29,31-32H,19-22H2,1-5H3,(H-,39,40,41,42)/p+1. The number of carboxylic acid groups (broad SMARTS) is 2. The van der Waals surface area contributed by atoms with Gasteiger partial charge in [0.1, 0.15) is 22.7 Å². The molecule has 0 saturated carbocycles. The first-order valence-electron chi connectivity index (χ1n) is 14.8. The molecule has 232 valence electrons. The Morgan fingerprint density at radius 2 is 1.52 bits per heavy atom. The summed E-state index contributed by atoms with van der Waals surface area (Å²) in [6.07, 6.45) is 1.32. The molecule has 1 aliphatic heterocycles. The average Bonchev–Trinajstić information content (AvgIpc) is 2.99. The largest absolute Gasteiger partial charge is 0.481 e. The normalized spacial score (nSPS) is 21.4. The van der Waals surface area contributed by atoms with Gasteiger partial charge in [-0.1, -0.05) is 72.8 Å². The first-order valence-corrected chi connectivity index (χ1v) is 14.8. The van der Waals surface area contributed by atoms with Crippen LogP contribution in [0.2, 0.25) is 0 Å². The molecule has 1 aliphatic rings. The Bertz CT molecular complexity index is 1500. The highest BCUT2D eigenvalue weighted by molar-refractivity contribution is 5.91. The van der Waals surface area contributed by atoms with E-state index in [1.54, 1.807) is 13.0 Å². The Labute approximate surface area is 258 Å². The number of rotatable bonds is 12. The van der Waals surface area contributed by atoms with Crippen molar-refractivity contribution in [2.75, 3.05) is 34.2 Å². The van der Waals surface area contributed by atoms with Gasteiger partial charge in [0.2, 0.25) is 0 Å². The lowest BCUT2D eigenvalue weighted by atomic mass is 9.64. The van der Waals surface area contributed by atoms with Crippen molar-refractivity contribution < 1.29 is 29.2 Å². The van der Waals surface area contributed by atoms with Crippen molar-refractivity contribution in [1.82, 2.24) is 4.90 Å². The van der Waals surface area contributed by atoms with Gasteiger partial charge in [-0.05, 0) is 43.6 Å². The summed E-state index contributed by atoms with van der Waals surface area (Å²) < 4.78 is 0.0710. The third kappa shape index (κ3) is 6.30. The smallest absolute Gasteiger partial charge is 0.337 e. The second-order valence-corrected chi connectivity index (χ2v) is 12.5. The van der Waals surface area contributed by atoms with E-state index >= 15 is 0 Å². The van der Waals surface area contributed by atoms with Crippen LogP contribution in [0.5, 0.6) is 0 Å². The lowest BCUT2D eigenvalue weighted by Gasteiger charge is -2.55. The van der Waals surface area contributed by atoms with Gasteiger partial charge >= 0.3 is 11.9 Å². The first-order chi connectivity index (χ1) is 20.8. The molecule has 9 nitrogen and oxygen atoms in total. The van der Waals surface area contributed by atoms with Crippen molar-refractivity contribution in [3.63, 3.8) is 0 Å². The predicted octanol–water partition coefficient (Wildman–Crippen LogP) is 6.13. The number of nitro benzene ring substituents is 1. The van der Waals surface area contributed by atoms with Crippen LogP contribution in [0.3, 0.4) is 0 Å². The van der Waals surface area contributed by atoms with E-state index in [2.05, 4.69) is 29.2 Å². The maximum absolute atomic E-state index is 13.1. The van der Waals surface area contributed by atoms with Crippen molar-refractivity contribution in [3.05, 3.63) is 123 Å². The summed E-state index contributed by atoms with van der Waals surface area (Å²) in [5, 5.41) is 32.7. The van der Waals surface area contributed by atoms with Crippen LogP contribution in [0, 0.1) is 16.0 Å². The molecule has 2 N–H and O–H groups in total. The molecule has 3 aromatic carbocycles. The van der Waals surface area contributed by atoms with Crippen LogP contribution in [0.1, 0.15) is 55.2 Å². The molecule has 0 spiro atoms. The zero-order valence-electron chi connectivity index (χ0n) is 26.0. The fraction of sp³-hybridized carbons (Fsp3) is 0.371. The van der Waals surface area contributed by atoms with Gasteiger partial charge in [-0.25, -0.2) is 4.79 Å². The minimum atomic E-state index is -1.22. The second-order valence-electron chi connectivity index (χ2n) is 12.5. The number of carboxylic acids is 2. The number of allylic oxidation sites excluding steroid dienone is 1. The van der Waals surface area contributed by atoms with Gasteiger partial charge in [-0.3, -0.25) is 19.4 Å². The summed E-state index contributed by atoms with van der Waals surface area (Å²) in [6, 6.07) is 26.5. The lowest BCUT2D eigenvalue weighted by Crippen LogP contribution is -2.67. The van der Waals surface area contributed by atoms with Crippen LogP contribution in [0.4, 0.5) is 5.69 Å². The fourth-order valence-corrected chi connectivity index (χ4v) is 6.88. The summed E-state index contributed by atoms with van der Waals surface area (Å²) in [4.78, 5) is 39.1. The molecule has 9 heteroatoms. The summed E-state index contributed by atoms with van der Waals surface area (Å²) in [5.74, 6) is -4.36. The number of benzene rings is 3. The molecule has 0 amide bonds. The number of carbonyl (C=O) groups is 2. The topological polar surface area (TPSA) is 121 Å². The quantitative estimate of drug-likeness (QED) is 0.146. The average molecular weight is 601 g/mol. The molecule has 3 atom stereocenters. The minimum Gasteiger partial charge on any atom is -0.481 e. The molecular weight excluding hydrogens is 558 g/mol. The third-order valence-corrected chi connectivity index (χ3v) is 9.96. The number of nitro groups is 1. The number of hydrogen-bond acceptors (Lipinski definition) is 5. The summed E-state index contributed by atoms with van der Waals surface area (Å²) >= 11 is 0. The van der Waals surface area contributed by atoms with Crippen molar-refractivity contribution in [3.8, 4) is 0 Å². The minimum absolute atomic E-state index is 0.0257. The summed E-state index contributed by atoms with van der Waals surface area (Å²) in [7, 11) is 5.75. The van der Waals surface area contributed by atoms with Crippen molar-refractivity contribution in [2.45, 2.75) is 44.1 Å². The number of hydrogen-bond donors (Lipinski definition) is 2. The highest BCUT2D eigenvalue weighted by Gasteiger charge is 2.61. The zero-order valence-corrected chi connectivity index (χ0v) is 26.0. The molecule has 0 bridgehead atoms. The number of non-ortho nitro benzene ring substituents is 1. The molecule has 3 unspecified atom stereocenters. The Hall–Kier alpha value is -4.34. The Morgan fingerprint density at radius 1 is 0.955 bits per heavy atom. The van der Waals surface area contributed by atoms with Crippen LogP contribution in [0.15, 0.2) is 96.2 Å². The lowest BCUT2D eigenvalue weighted by molar-refractivity contribution is -0.912. The zero-order chi connectivity index (χ0) is 32.2. The van der Waals surface area contributed by atoms with E-state index in [4.69, 9.17) is 0 Å². The summed E-state index contributed by atoms with van der Waals surface area (Å²) in [6.45, 7) is 4.98. The van der Waals surface area contributed by atoms with Crippen LogP contribution < -0.4 is 0 Å². The molecule has 1 heterocycles. The van der Waals surface area contributed by atoms with Gasteiger partial charge in [-0.2, -0.15) is 0 Å². The highest BCUT2D eigenvalue weighted by Crippen LogP contribution is 2.52. The van der Waals surface area contributed by atoms with Crippen molar-refractivity contribution in [1.29, 1.82) is 0 Å². The monoisotopic (exact) mass is 600 g/mol. The second kappa shape index (κ2) is 13.1. The maximum atomic E-state index is 13.1. The molecule has 0 aliphatic carbocycles. The molecule has 0 aromatic heterocycles. The van der Waals surface area contributed by atoms with E-state index < -0.39 is 34.2 Å². The fourth-order valence-electron chi connectivity index (χ4n) is 6.88. The first kappa shape index (κ1) is 32.6. The van der Waals surface area contributed by atoms with Gasteiger partial charge in [0.15, 0.2) is 0 Å². The highest BCUT2D eigenvalue weighted by atomic mass is 16.6. The number of aliphatic carboxylic acids is 2. The van der Waals surface area contributed by atoms with E-state index in [0.717, 1.165) is 13.0 Å². The predicted molar refractivity (Wildman–Crippen MR) is 169 cm³/mol. The SMILES string of the molecule is CC1=C(C(=O)O)C(c2cccc([N+](=O)[O-])c2)C(C(=O)O)C(C)(CCN(C)CCC(c2ccccc2)c2ccccc2)[N+]1(C)C. The van der Waals surface area contributed by atoms with E-state index in [1.807, 2.05) is 64.5 Å². The Balaban J connectivity index is 1.65. The van der Waals surface area contributed by atoms with E-state index in [1.165, 1.54) is 29.3 Å².